The Morgan fingerprint density at radius 2 is 2.20 bits per heavy atom. The third-order valence-electron chi connectivity index (χ3n) is 4.03. The number of nitrogens with zero attached hydrogens (tertiary/aromatic N) is 1. The molecule has 0 bridgehead atoms. The van der Waals surface area contributed by atoms with Crippen LogP contribution in [0.3, 0.4) is 0 Å². The highest BCUT2D eigenvalue weighted by Gasteiger charge is 2.33. The lowest BCUT2D eigenvalue weighted by molar-refractivity contribution is -0.121. The molecule has 0 radical (unpaired) electrons. The largest absolute Gasteiger partial charge is 0.497 e. The van der Waals surface area contributed by atoms with E-state index in [1.807, 2.05) is 18.2 Å². The Labute approximate surface area is 118 Å². The van der Waals surface area contributed by atoms with Gasteiger partial charge in [0.1, 0.15) is 5.75 Å². The number of piperidine rings is 1. The van der Waals surface area contributed by atoms with Gasteiger partial charge in [-0.15, -0.1) is 0 Å². The Hall–Kier alpha value is -2.23. The van der Waals surface area contributed by atoms with Crippen LogP contribution in [0, 0.1) is 0 Å². The average molecular weight is 270 g/mol. The third-order valence-corrected chi connectivity index (χ3v) is 4.03. The number of amides is 1. The molecule has 1 atom stereocenters. The SMILES string of the molecule is C=C1NC(=O)CCC1N1Cc2cc(OC)ccc2C1=C. The monoisotopic (exact) mass is 270 g/mol. The van der Waals surface area contributed by atoms with Crippen LogP contribution < -0.4 is 10.1 Å². The van der Waals surface area contributed by atoms with Crippen LogP contribution >= 0.6 is 0 Å². The molecule has 1 aromatic rings. The maximum Gasteiger partial charge on any atom is 0.224 e. The minimum absolute atomic E-state index is 0.0512. The van der Waals surface area contributed by atoms with Crippen LogP contribution in [0.4, 0.5) is 0 Å². The van der Waals surface area contributed by atoms with Gasteiger partial charge in [0.2, 0.25) is 5.91 Å². The normalized spacial score (nSPS) is 21.8. The fourth-order valence-corrected chi connectivity index (χ4v) is 2.95. The van der Waals surface area contributed by atoms with E-state index in [1.54, 1.807) is 7.11 Å². The van der Waals surface area contributed by atoms with Crippen LogP contribution in [0.2, 0.25) is 0 Å². The first-order valence-electron chi connectivity index (χ1n) is 6.71. The first-order chi connectivity index (χ1) is 9.60. The van der Waals surface area contributed by atoms with Gasteiger partial charge in [0.15, 0.2) is 0 Å². The van der Waals surface area contributed by atoms with E-state index >= 15 is 0 Å². The van der Waals surface area contributed by atoms with E-state index in [2.05, 4.69) is 23.4 Å². The van der Waals surface area contributed by atoms with E-state index in [9.17, 15) is 4.79 Å². The zero-order valence-corrected chi connectivity index (χ0v) is 11.6. The standard InChI is InChI=1S/C16H18N2O2/c1-10-15(6-7-16(19)17-10)18-9-12-8-13(20-3)4-5-14(12)11(18)2/h4-5,8,15H,1-2,6-7,9H2,3H3,(H,17,19). The summed E-state index contributed by atoms with van der Waals surface area (Å²) in [6.07, 6.45) is 1.32. The highest BCUT2D eigenvalue weighted by molar-refractivity contribution is 5.80. The topological polar surface area (TPSA) is 41.6 Å². The molecule has 2 heterocycles. The molecular weight excluding hydrogens is 252 g/mol. The van der Waals surface area contributed by atoms with Crippen molar-refractivity contribution in [3.05, 3.63) is 48.2 Å². The van der Waals surface area contributed by atoms with Crippen LogP contribution in [0.15, 0.2) is 37.1 Å². The van der Waals surface area contributed by atoms with Crippen molar-refractivity contribution in [2.45, 2.75) is 25.4 Å². The average Bonchev–Trinajstić information content (AvgIpc) is 2.75. The first-order valence-corrected chi connectivity index (χ1v) is 6.71. The van der Waals surface area contributed by atoms with Crippen molar-refractivity contribution in [2.75, 3.05) is 7.11 Å². The lowest BCUT2D eigenvalue weighted by Gasteiger charge is -2.34. The Bertz CT molecular complexity index is 606. The molecule has 0 aromatic heterocycles. The fraction of sp³-hybridized carbons (Fsp3) is 0.312. The van der Waals surface area contributed by atoms with Crippen molar-refractivity contribution in [3.63, 3.8) is 0 Å². The first kappa shape index (κ1) is 12.8. The Morgan fingerprint density at radius 3 is 2.90 bits per heavy atom. The molecule has 1 fully saturated rings. The van der Waals surface area contributed by atoms with E-state index in [4.69, 9.17) is 4.74 Å². The fourth-order valence-electron chi connectivity index (χ4n) is 2.95. The summed E-state index contributed by atoms with van der Waals surface area (Å²) in [6.45, 7) is 8.96. The number of fused-ring (bicyclic) bond motifs is 1. The van der Waals surface area contributed by atoms with E-state index in [0.717, 1.165) is 35.7 Å². The maximum absolute atomic E-state index is 11.4. The lowest BCUT2D eigenvalue weighted by atomic mass is 10.0. The minimum atomic E-state index is 0.0512. The summed E-state index contributed by atoms with van der Waals surface area (Å²) >= 11 is 0. The number of methoxy groups -OCH3 is 1. The summed E-state index contributed by atoms with van der Waals surface area (Å²) in [4.78, 5) is 13.6. The van der Waals surface area contributed by atoms with Gasteiger partial charge in [0.25, 0.3) is 0 Å². The van der Waals surface area contributed by atoms with E-state index in [-0.39, 0.29) is 11.9 Å². The second-order valence-corrected chi connectivity index (χ2v) is 5.23. The smallest absolute Gasteiger partial charge is 0.224 e. The molecule has 4 heteroatoms. The molecule has 1 N–H and O–H groups in total. The molecule has 1 saturated heterocycles. The molecule has 3 rings (SSSR count). The number of benzene rings is 1. The summed E-state index contributed by atoms with van der Waals surface area (Å²) in [5.74, 6) is 0.907. The summed E-state index contributed by atoms with van der Waals surface area (Å²) < 4.78 is 5.27. The van der Waals surface area contributed by atoms with Crippen LogP contribution in [0.5, 0.6) is 5.75 Å². The number of nitrogens with one attached hydrogen (secondary N) is 1. The molecule has 2 aliphatic rings. The molecule has 0 aliphatic carbocycles. The van der Waals surface area contributed by atoms with Crippen LogP contribution in [0.1, 0.15) is 24.0 Å². The van der Waals surface area contributed by atoms with Crippen molar-refractivity contribution in [3.8, 4) is 5.75 Å². The molecule has 1 amide bonds. The van der Waals surface area contributed by atoms with Crippen molar-refractivity contribution < 1.29 is 9.53 Å². The number of hydrogen-bond acceptors (Lipinski definition) is 3. The molecule has 0 spiro atoms. The number of carbonyl (C=O) groups excluding carboxylic acids is 1. The van der Waals surface area contributed by atoms with Crippen molar-refractivity contribution in [2.24, 2.45) is 0 Å². The van der Waals surface area contributed by atoms with Crippen molar-refractivity contribution in [1.29, 1.82) is 0 Å². The summed E-state index contributed by atoms with van der Waals surface area (Å²) in [6, 6.07) is 6.16. The summed E-state index contributed by atoms with van der Waals surface area (Å²) in [5, 5.41) is 2.84. The second-order valence-electron chi connectivity index (χ2n) is 5.23. The number of carbonyl (C=O) groups is 1. The Balaban J connectivity index is 1.86. The number of hydrogen-bond donors (Lipinski definition) is 1. The maximum atomic E-state index is 11.4. The highest BCUT2D eigenvalue weighted by atomic mass is 16.5. The Morgan fingerprint density at radius 1 is 1.40 bits per heavy atom. The summed E-state index contributed by atoms with van der Waals surface area (Å²) in [7, 11) is 1.67. The molecule has 20 heavy (non-hydrogen) atoms. The van der Waals surface area contributed by atoms with Gasteiger partial charge in [-0.05, 0) is 30.2 Å². The van der Waals surface area contributed by atoms with Gasteiger partial charge in [-0.3, -0.25) is 4.79 Å². The van der Waals surface area contributed by atoms with Crippen LogP contribution in [-0.4, -0.2) is 24.0 Å². The Kier molecular flexibility index (Phi) is 3.01. The van der Waals surface area contributed by atoms with Gasteiger partial charge < -0.3 is 15.0 Å². The molecule has 1 aromatic carbocycles. The van der Waals surface area contributed by atoms with Gasteiger partial charge in [0.05, 0.1) is 13.2 Å². The van der Waals surface area contributed by atoms with Crippen LogP contribution in [-0.2, 0) is 11.3 Å². The van der Waals surface area contributed by atoms with Crippen LogP contribution in [0.25, 0.3) is 5.70 Å². The highest BCUT2D eigenvalue weighted by Crippen LogP contribution is 2.37. The number of ether oxygens (including phenoxy) is 1. The lowest BCUT2D eigenvalue weighted by Crippen LogP contribution is -2.43. The zero-order chi connectivity index (χ0) is 14.3. The van der Waals surface area contributed by atoms with Gasteiger partial charge in [0, 0.05) is 29.9 Å². The van der Waals surface area contributed by atoms with Gasteiger partial charge in [-0.25, -0.2) is 0 Å². The molecule has 4 nitrogen and oxygen atoms in total. The van der Waals surface area contributed by atoms with E-state index in [1.165, 1.54) is 5.56 Å². The zero-order valence-electron chi connectivity index (χ0n) is 11.6. The van der Waals surface area contributed by atoms with E-state index < -0.39 is 0 Å². The molecule has 1 unspecified atom stereocenters. The van der Waals surface area contributed by atoms with Crippen molar-refractivity contribution >= 4 is 11.6 Å². The van der Waals surface area contributed by atoms with E-state index in [0.29, 0.717) is 6.42 Å². The van der Waals surface area contributed by atoms with Gasteiger partial charge in [-0.2, -0.15) is 0 Å². The minimum Gasteiger partial charge on any atom is -0.497 e. The predicted octanol–water partition coefficient (Wildman–Crippen LogP) is 2.27. The predicted molar refractivity (Wildman–Crippen MR) is 77.9 cm³/mol. The van der Waals surface area contributed by atoms with Gasteiger partial charge in [-0.1, -0.05) is 13.2 Å². The second kappa shape index (κ2) is 4.71. The van der Waals surface area contributed by atoms with Gasteiger partial charge >= 0.3 is 0 Å². The third kappa shape index (κ3) is 1.97. The quantitative estimate of drug-likeness (QED) is 0.896. The van der Waals surface area contributed by atoms with Crippen molar-refractivity contribution in [1.82, 2.24) is 10.2 Å². The molecular formula is C16H18N2O2. The molecule has 104 valence electrons. The molecule has 2 aliphatic heterocycles. The molecule has 0 saturated carbocycles. The number of rotatable bonds is 2. The summed E-state index contributed by atoms with van der Waals surface area (Å²) in [5.41, 5.74) is 4.11.